The number of thiophene rings is 1. The number of carbonyl (C=O) groups excluding carboxylic acids is 1. The summed E-state index contributed by atoms with van der Waals surface area (Å²) < 4.78 is 31.7. The normalized spacial score (nSPS) is 19.9. The molecule has 5 nitrogen and oxygen atoms in total. The van der Waals surface area contributed by atoms with Gasteiger partial charge in [0.2, 0.25) is 5.91 Å². The second-order valence-corrected chi connectivity index (χ2v) is 8.38. The fraction of sp³-hybridized carbons (Fsp3) is 0.667. The molecule has 1 N–H and O–H groups in total. The maximum atomic E-state index is 12.5. The maximum Gasteiger partial charge on any atom is 0.490 e. The average molecular weight is 406 g/mol. The summed E-state index contributed by atoms with van der Waals surface area (Å²) in [6, 6.07) is 4.44. The topological polar surface area (TPSA) is 60.9 Å². The number of likely N-dealkylation sites (tertiary alicyclic amines) is 2. The van der Waals surface area contributed by atoms with E-state index in [1.165, 1.54) is 9.75 Å². The van der Waals surface area contributed by atoms with E-state index in [2.05, 4.69) is 30.9 Å². The van der Waals surface area contributed by atoms with Crippen molar-refractivity contribution in [2.75, 3.05) is 26.2 Å². The average Bonchev–Trinajstić information content (AvgIpc) is 3.14. The molecule has 0 atom stereocenters. The summed E-state index contributed by atoms with van der Waals surface area (Å²) in [5.74, 6) is -2.33. The van der Waals surface area contributed by atoms with Gasteiger partial charge in [0.15, 0.2) is 0 Å². The predicted octanol–water partition coefficient (Wildman–Crippen LogP) is 3.52. The lowest BCUT2D eigenvalue weighted by Crippen LogP contribution is -2.44. The molecule has 0 aromatic carbocycles. The molecule has 2 fully saturated rings. The molecular formula is C18H25F3N2O3S. The first-order valence-electron chi connectivity index (χ1n) is 8.94. The molecule has 0 bridgehead atoms. The zero-order chi connectivity index (χ0) is 20.2. The molecule has 27 heavy (non-hydrogen) atoms. The lowest BCUT2D eigenvalue weighted by molar-refractivity contribution is -0.192. The first-order chi connectivity index (χ1) is 12.6. The van der Waals surface area contributed by atoms with Crippen LogP contribution < -0.4 is 0 Å². The molecule has 1 amide bonds. The lowest BCUT2D eigenvalue weighted by Gasteiger charge is -2.37. The molecule has 3 heterocycles. The Hall–Kier alpha value is -1.61. The van der Waals surface area contributed by atoms with Crippen molar-refractivity contribution < 1.29 is 27.9 Å². The van der Waals surface area contributed by atoms with Crippen molar-refractivity contribution in [2.45, 2.75) is 45.8 Å². The first-order valence-corrected chi connectivity index (χ1v) is 9.76. The number of halogens is 3. The Kier molecular flexibility index (Phi) is 6.91. The number of alkyl halides is 3. The third-order valence-electron chi connectivity index (χ3n) is 5.21. The van der Waals surface area contributed by atoms with Crippen LogP contribution in [0.3, 0.4) is 0 Å². The zero-order valence-electron chi connectivity index (χ0n) is 15.5. The van der Waals surface area contributed by atoms with Crippen LogP contribution in [0.15, 0.2) is 12.1 Å². The number of aliphatic carboxylic acids is 1. The molecule has 0 radical (unpaired) electrons. The van der Waals surface area contributed by atoms with Crippen molar-refractivity contribution in [1.29, 1.82) is 0 Å². The van der Waals surface area contributed by atoms with Crippen molar-refractivity contribution in [3.63, 3.8) is 0 Å². The van der Waals surface area contributed by atoms with Gasteiger partial charge in [0.1, 0.15) is 0 Å². The van der Waals surface area contributed by atoms with Crippen molar-refractivity contribution >= 4 is 23.2 Å². The molecular weight excluding hydrogens is 381 g/mol. The van der Waals surface area contributed by atoms with Crippen LogP contribution in [0.5, 0.6) is 0 Å². The monoisotopic (exact) mass is 406 g/mol. The molecule has 152 valence electrons. The Bertz CT molecular complexity index is 667. The largest absolute Gasteiger partial charge is 0.490 e. The standard InChI is InChI=1S/C16H24N2OS.C2HF3O2/c1-3-18-11-8-16(15(18)19)6-9-17(10-7-16)12-14-5-4-13(2)20-14;3-2(4,5)1(6)7/h4-5H,3,6-12H2,1-2H3;(H,6,7). The lowest BCUT2D eigenvalue weighted by atomic mass is 9.77. The number of carbonyl (C=O) groups is 2. The summed E-state index contributed by atoms with van der Waals surface area (Å²) in [6.07, 6.45) is -1.91. The smallest absolute Gasteiger partial charge is 0.475 e. The van der Waals surface area contributed by atoms with Gasteiger partial charge in [0, 0.05) is 29.4 Å². The van der Waals surface area contributed by atoms with Gasteiger partial charge in [0.25, 0.3) is 0 Å². The van der Waals surface area contributed by atoms with Crippen molar-refractivity contribution in [3.8, 4) is 0 Å². The summed E-state index contributed by atoms with van der Waals surface area (Å²) >= 11 is 1.89. The van der Waals surface area contributed by atoms with Gasteiger partial charge < -0.3 is 10.0 Å². The summed E-state index contributed by atoms with van der Waals surface area (Å²) in [4.78, 5) is 28.8. The highest BCUT2D eigenvalue weighted by Crippen LogP contribution is 2.41. The third kappa shape index (κ3) is 5.44. The molecule has 9 heteroatoms. The van der Waals surface area contributed by atoms with Crippen LogP contribution in [0.2, 0.25) is 0 Å². The second kappa shape index (κ2) is 8.60. The fourth-order valence-corrected chi connectivity index (χ4v) is 4.52. The molecule has 1 aromatic rings. The van der Waals surface area contributed by atoms with E-state index in [4.69, 9.17) is 9.90 Å². The van der Waals surface area contributed by atoms with Crippen molar-refractivity contribution in [1.82, 2.24) is 9.80 Å². The van der Waals surface area contributed by atoms with Gasteiger partial charge in [-0.3, -0.25) is 9.69 Å². The SMILES string of the molecule is CCN1CCC2(CCN(Cc3ccc(C)s3)CC2)C1=O.O=C(O)C(F)(F)F. The number of carboxylic acids is 1. The van der Waals surface area contributed by atoms with Gasteiger partial charge in [-0.15, -0.1) is 11.3 Å². The highest BCUT2D eigenvalue weighted by atomic mass is 32.1. The Morgan fingerprint density at radius 2 is 1.78 bits per heavy atom. The Morgan fingerprint density at radius 1 is 1.22 bits per heavy atom. The molecule has 2 aliphatic rings. The third-order valence-corrected chi connectivity index (χ3v) is 6.20. The summed E-state index contributed by atoms with van der Waals surface area (Å²) in [5.41, 5.74) is -0.0160. The molecule has 3 rings (SSSR count). The minimum atomic E-state index is -5.08. The summed E-state index contributed by atoms with van der Waals surface area (Å²) in [7, 11) is 0. The minimum Gasteiger partial charge on any atom is -0.475 e. The van der Waals surface area contributed by atoms with Gasteiger partial charge in [-0.05, 0) is 58.3 Å². The van der Waals surface area contributed by atoms with E-state index in [1.54, 1.807) is 0 Å². The van der Waals surface area contributed by atoms with E-state index in [9.17, 15) is 18.0 Å². The van der Waals surface area contributed by atoms with Crippen molar-refractivity contribution in [2.24, 2.45) is 5.41 Å². The first kappa shape index (κ1) is 21.7. The van der Waals surface area contributed by atoms with Gasteiger partial charge in [-0.25, -0.2) is 4.79 Å². The fourth-order valence-electron chi connectivity index (χ4n) is 3.59. The Morgan fingerprint density at radius 3 is 2.19 bits per heavy atom. The van der Waals surface area contributed by atoms with E-state index >= 15 is 0 Å². The number of aryl methyl sites for hydroxylation is 1. The Balaban J connectivity index is 0.000000321. The van der Waals surface area contributed by atoms with E-state index in [-0.39, 0.29) is 5.41 Å². The van der Waals surface area contributed by atoms with E-state index in [0.29, 0.717) is 5.91 Å². The highest BCUT2D eigenvalue weighted by Gasteiger charge is 2.47. The number of piperidine rings is 1. The molecule has 2 saturated heterocycles. The molecule has 1 spiro atoms. The molecule has 0 unspecified atom stereocenters. The van der Waals surface area contributed by atoms with Crippen molar-refractivity contribution in [3.05, 3.63) is 21.9 Å². The van der Waals surface area contributed by atoms with Crippen LogP contribution in [0, 0.1) is 12.3 Å². The van der Waals surface area contributed by atoms with Crippen LogP contribution >= 0.6 is 11.3 Å². The summed E-state index contributed by atoms with van der Waals surface area (Å²) in [6.45, 7) is 9.29. The Labute approximate surface area is 160 Å². The van der Waals surface area contributed by atoms with E-state index in [0.717, 1.165) is 52.0 Å². The maximum absolute atomic E-state index is 12.5. The number of hydrogen-bond donors (Lipinski definition) is 1. The van der Waals surface area contributed by atoms with Crippen LogP contribution in [0.1, 0.15) is 35.9 Å². The van der Waals surface area contributed by atoms with Crippen LogP contribution in [-0.2, 0) is 16.1 Å². The number of rotatable bonds is 3. The molecule has 0 aliphatic carbocycles. The number of nitrogens with zero attached hydrogens (tertiary/aromatic N) is 2. The van der Waals surface area contributed by atoms with Gasteiger partial charge >= 0.3 is 12.1 Å². The molecule has 1 aromatic heterocycles. The number of carboxylic acid groups (broad SMARTS) is 1. The highest BCUT2D eigenvalue weighted by molar-refractivity contribution is 7.11. The second-order valence-electron chi connectivity index (χ2n) is 7.01. The predicted molar refractivity (Wildman–Crippen MR) is 96.6 cm³/mol. The summed E-state index contributed by atoms with van der Waals surface area (Å²) in [5, 5.41) is 7.12. The quantitative estimate of drug-likeness (QED) is 0.834. The van der Waals surface area contributed by atoms with Gasteiger partial charge in [0.05, 0.1) is 5.41 Å². The zero-order valence-corrected chi connectivity index (χ0v) is 16.3. The van der Waals surface area contributed by atoms with E-state index in [1.807, 2.05) is 16.2 Å². The van der Waals surface area contributed by atoms with Crippen LogP contribution in [0.4, 0.5) is 13.2 Å². The number of hydrogen-bond acceptors (Lipinski definition) is 4. The molecule has 2 aliphatic heterocycles. The van der Waals surface area contributed by atoms with Gasteiger partial charge in [-0.2, -0.15) is 13.2 Å². The number of amides is 1. The van der Waals surface area contributed by atoms with E-state index < -0.39 is 12.1 Å². The van der Waals surface area contributed by atoms with Crippen LogP contribution in [-0.4, -0.2) is 59.1 Å². The van der Waals surface area contributed by atoms with Crippen LogP contribution in [0.25, 0.3) is 0 Å². The van der Waals surface area contributed by atoms with Gasteiger partial charge in [-0.1, -0.05) is 0 Å². The minimum absolute atomic E-state index is 0.0160. The molecule has 0 saturated carbocycles.